The lowest BCUT2D eigenvalue weighted by Gasteiger charge is -1.82. The molecule has 0 unspecified atom stereocenters. The van der Waals surface area contributed by atoms with E-state index in [1.807, 2.05) is 12.1 Å². The van der Waals surface area contributed by atoms with Gasteiger partial charge in [0.2, 0.25) is 0 Å². The van der Waals surface area contributed by atoms with E-state index in [2.05, 4.69) is 4.98 Å². The summed E-state index contributed by atoms with van der Waals surface area (Å²) in [4.78, 5) is 3.76. The van der Waals surface area contributed by atoms with Crippen LogP contribution in [0.4, 0.5) is 5.82 Å². The highest BCUT2D eigenvalue weighted by molar-refractivity contribution is 5.25. The van der Waals surface area contributed by atoms with Crippen LogP contribution >= 0.6 is 0 Å². The predicted octanol–water partition coefficient (Wildman–Crippen LogP) is 0.00110. The minimum absolute atomic E-state index is 0. The second-order valence-electron chi connectivity index (χ2n) is 1.25. The lowest BCUT2D eigenvalue weighted by atomic mass is 10.5. The molecule has 1 aromatic rings. The number of nitrogens with zero attached hydrogens (tertiary/aromatic N) is 1. The molecule has 0 amide bonds. The van der Waals surface area contributed by atoms with Crippen molar-refractivity contribution < 1.29 is 5.48 Å². The summed E-state index contributed by atoms with van der Waals surface area (Å²) in [5.41, 5.74) is 5.25. The van der Waals surface area contributed by atoms with E-state index in [0.717, 1.165) is 0 Å². The summed E-state index contributed by atoms with van der Waals surface area (Å²) in [6.45, 7) is 0. The Bertz CT molecular complexity index is 142. The molecule has 0 aliphatic carbocycles. The van der Waals surface area contributed by atoms with Gasteiger partial charge in [-0.15, -0.1) is 0 Å². The Morgan fingerprint density at radius 3 is 2.22 bits per heavy atom. The van der Waals surface area contributed by atoms with Gasteiger partial charge in [-0.05, 0) is 12.1 Å². The smallest absolute Gasteiger partial charge is 0.123 e. The SMILES string of the molecule is N.Nc1ccccn1.O. The summed E-state index contributed by atoms with van der Waals surface area (Å²) < 4.78 is 0. The van der Waals surface area contributed by atoms with Crippen molar-refractivity contribution >= 4 is 5.82 Å². The summed E-state index contributed by atoms with van der Waals surface area (Å²) in [5, 5.41) is 0. The highest BCUT2D eigenvalue weighted by Gasteiger charge is 1.73. The fourth-order valence-electron chi connectivity index (χ4n) is 0.376. The normalized spacial score (nSPS) is 6.67. The standard InChI is InChI=1S/C5H6N2.H3N.H2O/c6-5-3-1-2-4-7-5;;/h1-4H,(H2,6,7);1H3;1H2. The van der Waals surface area contributed by atoms with Gasteiger partial charge in [0.05, 0.1) is 0 Å². The van der Waals surface area contributed by atoms with E-state index in [0.29, 0.717) is 5.82 Å². The van der Waals surface area contributed by atoms with Gasteiger partial charge in [0.1, 0.15) is 5.82 Å². The second-order valence-corrected chi connectivity index (χ2v) is 1.25. The Morgan fingerprint density at radius 1 is 1.33 bits per heavy atom. The van der Waals surface area contributed by atoms with Crippen molar-refractivity contribution in [1.29, 1.82) is 0 Å². The summed E-state index contributed by atoms with van der Waals surface area (Å²) in [6, 6.07) is 5.43. The van der Waals surface area contributed by atoms with Crippen LogP contribution in [-0.4, -0.2) is 10.5 Å². The van der Waals surface area contributed by atoms with Crippen LogP contribution in [0.1, 0.15) is 0 Å². The molecule has 0 saturated heterocycles. The lowest BCUT2D eigenvalue weighted by molar-refractivity contribution is 0.824. The van der Waals surface area contributed by atoms with E-state index in [9.17, 15) is 0 Å². The van der Waals surface area contributed by atoms with Crippen LogP contribution in [0.15, 0.2) is 24.4 Å². The average Bonchev–Trinajstić information content (AvgIpc) is 1.69. The number of anilines is 1. The van der Waals surface area contributed by atoms with Crippen LogP contribution in [0.3, 0.4) is 0 Å². The molecule has 0 spiro atoms. The molecule has 1 heterocycles. The Kier molecular flexibility index (Phi) is 6.01. The quantitative estimate of drug-likeness (QED) is 0.515. The molecule has 0 fully saturated rings. The molecule has 0 atom stereocenters. The fourth-order valence-corrected chi connectivity index (χ4v) is 0.376. The van der Waals surface area contributed by atoms with Crippen LogP contribution in [0.25, 0.3) is 0 Å². The Morgan fingerprint density at radius 2 is 2.00 bits per heavy atom. The van der Waals surface area contributed by atoms with E-state index in [4.69, 9.17) is 5.73 Å². The molecule has 9 heavy (non-hydrogen) atoms. The molecule has 4 nitrogen and oxygen atoms in total. The van der Waals surface area contributed by atoms with Gasteiger partial charge < -0.3 is 17.4 Å². The minimum atomic E-state index is 0. The van der Waals surface area contributed by atoms with Crippen LogP contribution in [0.5, 0.6) is 0 Å². The molecule has 0 aliphatic heterocycles. The first-order chi connectivity index (χ1) is 3.39. The largest absolute Gasteiger partial charge is 0.412 e. The van der Waals surface area contributed by atoms with Crippen molar-refractivity contribution in [3.8, 4) is 0 Å². The van der Waals surface area contributed by atoms with Crippen LogP contribution in [0, 0.1) is 0 Å². The van der Waals surface area contributed by atoms with E-state index < -0.39 is 0 Å². The zero-order valence-corrected chi connectivity index (χ0v) is 5.04. The zero-order valence-electron chi connectivity index (χ0n) is 5.04. The van der Waals surface area contributed by atoms with Crippen molar-refractivity contribution in [1.82, 2.24) is 11.1 Å². The predicted molar refractivity (Wildman–Crippen MR) is 37.3 cm³/mol. The third-order valence-electron chi connectivity index (χ3n) is 0.688. The van der Waals surface area contributed by atoms with Gasteiger partial charge in [0, 0.05) is 6.20 Å². The van der Waals surface area contributed by atoms with E-state index in [-0.39, 0.29) is 11.6 Å². The zero-order chi connectivity index (χ0) is 5.11. The highest BCUT2D eigenvalue weighted by atomic mass is 16.0. The minimum Gasteiger partial charge on any atom is -0.412 e. The molecular formula is C5H11N3O. The fraction of sp³-hybridized carbons (Fsp3) is 0. The van der Waals surface area contributed by atoms with Gasteiger partial charge in [-0.3, -0.25) is 0 Å². The lowest BCUT2D eigenvalue weighted by Crippen LogP contribution is -1.85. The number of nitrogen functional groups attached to an aromatic ring is 1. The monoisotopic (exact) mass is 129 g/mol. The Labute approximate surface area is 53.6 Å². The maximum atomic E-state index is 5.25. The first-order valence-electron chi connectivity index (χ1n) is 2.06. The van der Waals surface area contributed by atoms with Gasteiger partial charge in [-0.2, -0.15) is 0 Å². The topological polar surface area (TPSA) is 105 Å². The van der Waals surface area contributed by atoms with Gasteiger partial charge in [-0.25, -0.2) is 4.98 Å². The molecule has 0 aromatic carbocycles. The number of nitrogens with two attached hydrogens (primary N) is 1. The Hall–Kier alpha value is -1.13. The summed E-state index contributed by atoms with van der Waals surface area (Å²) >= 11 is 0. The van der Waals surface area contributed by atoms with Gasteiger partial charge in [-0.1, -0.05) is 6.07 Å². The number of aromatic nitrogens is 1. The molecule has 7 N–H and O–H groups in total. The molecule has 0 radical (unpaired) electrons. The number of hydrogen-bond donors (Lipinski definition) is 2. The van der Waals surface area contributed by atoms with Crippen molar-refractivity contribution in [2.24, 2.45) is 0 Å². The highest BCUT2D eigenvalue weighted by Crippen LogP contribution is 1.89. The summed E-state index contributed by atoms with van der Waals surface area (Å²) in [5.74, 6) is 0.572. The first kappa shape index (κ1) is 10.8. The molecule has 0 bridgehead atoms. The summed E-state index contributed by atoms with van der Waals surface area (Å²) in [6.07, 6.45) is 1.66. The first-order valence-corrected chi connectivity index (χ1v) is 2.06. The maximum Gasteiger partial charge on any atom is 0.123 e. The number of pyridine rings is 1. The van der Waals surface area contributed by atoms with Crippen molar-refractivity contribution in [2.45, 2.75) is 0 Å². The van der Waals surface area contributed by atoms with Crippen LogP contribution < -0.4 is 11.9 Å². The third kappa shape index (κ3) is 3.45. The van der Waals surface area contributed by atoms with E-state index in [1.165, 1.54) is 0 Å². The van der Waals surface area contributed by atoms with Crippen LogP contribution in [0.2, 0.25) is 0 Å². The van der Waals surface area contributed by atoms with Crippen molar-refractivity contribution in [3.63, 3.8) is 0 Å². The molecule has 0 saturated carbocycles. The molecular weight excluding hydrogens is 118 g/mol. The van der Waals surface area contributed by atoms with Gasteiger partial charge in [0.15, 0.2) is 0 Å². The van der Waals surface area contributed by atoms with Crippen LogP contribution in [-0.2, 0) is 0 Å². The maximum absolute atomic E-state index is 5.25. The molecule has 1 rings (SSSR count). The van der Waals surface area contributed by atoms with E-state index in [1.54, 1.807) is 12.3 Å². The van der Waals surface area contributed by atoms with E-state index >= 15 is 0 Å². The molecule has 0 aliphatic rings. The summed E-state index contributed by atoms with van der Waals surface area (Å²) in [7, 11) is 0. The molecule has 4 heteroatoms. The number of hydrogen-bond acceptors (Lipinski definition) is 3. The second kappa shape index (κ2) is 5.02. The third-order valence-corrected chi connectivity index (χ3v) is 0.688. The van der Waals surface area contributed by atoms with Gasteiger partial charge in [0.25, 0.3) is 0 Å². The van der Waals surface area contributed by atoms with Crippen molar-refractivity contribution in [3.05, 3.63) is 24.4 Å². The van der Waals surface area contributed by atoms with Gasteiger partial charge >= 0.3 is 0 Å². The average molecular weight is 129 g/mol. The number of rotatable bonds is 0. The molecule has 52 valence electrons. The molecule has 1 aromatic heterocycles. The Balaban J connectivity index is 0. The van der Waals surface area contributed by atoms with Crippen molar-refractivity contribution in [2.75, 3.05) is 5.73 Å².